The molecule has 2 rings (SSSR count). The number of rotatable bonds is 3. The van der Waals surface area contributed by atoms with Gasteiger partial charge in [-0.15, -0.1) is 11.3 Å². The first-order valence-corrected chi connectivity index (χ1v) is 7.04. The predicted octanol–water partition coefficient (Wildman–Crippen LogP) is 2.79. The molecule has 0 aliphatic carbocycles. The van der Waals surface area contributed by atoms with Gasteiger partial charge in [0.1, 0.15) is 6.04 Å². The predicted molar refractivity (Wildman–Crippen MR) is 75.8 cm³/mol. The molecule has 2 aromatic heterocycles. The van der Waals surface area contributed by atoms with Gasteiger partial charge >= 0.3 is 0 Å². The zero-order chi connectivity index (χ0) is 11.7. The molecule has 16 heavy (non-hydrogen) atoms. The zero-order valence-corrected chi connectivity index (χ0v) is 12.2. The number of halogens is 1. The summed E-state index contributed by atoms with van der Waals surface area (Å²) >= 11 is 4.01. The lowest BCUT2D eigenvalue weighted by atomic mass is 10.1. The molecule has 2 atom stereocenters. The van der Waals surface area contributed by atoms with E-state index in [9.17, 15) is 0 Å². The fourth-order valence-corrected chi connectivity index (χ4v) is 3.30. The third kappa shape index (κ3) is 2.31. The summed E-state index contributed by atoms with van der Waals surface area (Å²) in [5, 5.41) is 6.48. The Morgan fingerprint density at radius 2 is 2.31 bits per heavy atom. The van der Waals surface area contributed by atoms with Gasteiger partial charge in [-0.25, -0.2) is 0 Å². The normalized spacial score (nSPS) is 15.0. The first kappa shape index (κ1) is 12.1. The fraction of sp³-hybridized carbons (Fsp3) is 0.364. The van der Waals surface area contributed by atoms with Crippen LogP contribution in [0.1, 0.15) is 23.4 Å². The highest BCUT2D eigenvalue weighted by Gasteiger charge is 2.21. The maximum Gasteiger partial charge on any atom is 0.101 e. The van der Waals surface area contributed by atoms with Crippen LogP contribution in [0.25, 0.3) is 0 Å². The van der Waals surface area contributed by atoms with E-state index in [1.54, 1.807) is 11.3 Å². The quantitative estimate of drug-likeness (QED) is 0.868. The Morgan fingerprint density at radius 1 is 1.56 bits per heavy atom. The monoisotopic (exact) mass is 347 g/mol. The molecule has 0 saturated carbocycles. The number of thiophene rings is 1. The average Bonchev–Trinajstić information content (AvgIpc) is 2.78. The summed E-state index contributed by atoms with van der Waals surface area (Å²) in [7, 11) is 0. The number of hydrogen-bond acceptors (Lipinski definition) is 3. The van der Waals surface area contributed by atoms with Gasteiger partial charge in [0, 0.05) is 17.1 Å². The molecule has 0 aliphatic heterocycles. The van der Waals surface area contributed by atoms with Crippen molar-refractivity contribution in [1.82, 2.24) is 9.78 Å². The molecule has 0 bridgehead atoms. The summed E-state index contributed by atoms with van der Waals surface area (Å²) in [6.07, 6.45) is 3.90. The molecular weight excluding hydrogens is 333 g/mol. The van der Waals surface area contributed by atoms with Gasteiger partial charge in [-0.3, -0.25) is 4.68 Å². The van der Waals surface area contributed by atoms with Crippen LogP contribution >= 0.6 is 33.9 Å². The van der Waals surface area contributed by atoms with Crippen LogP contribution < -0.4 is 5.73 Å². The summed E-state index contributed by atoms with van der Waals surface area (Å²) in [5.74, 6) is 0. The molecule has 0 aromatic carbocycles. The zero-order valence-electron chi connectivity index (χ0n) is 9.22. The van der Waals surface area contributed by atoms with Crippen LogP contribution in [0.3, 0.4) is 0 Å². The van der Waals surface area contributed by atoms with Gasteiger partial charge in [0.2, 0.25) is 0 Å². The molecule has 0 aliphatic rings. The lowest BCUT2D eigenvalue weighted by Crippen LogP contribution is -2.30. The third-order valence-electron chi connectivity index (χ3n) is 2.52. The molecule has 86 valence electrons. The van der Waals surface area contributed by atoms with E-state index in [1.165, 1.54) is 10.4 Å². The number of aromatic nitrogens is 2. The Labute approximate surface area is 113 Å². The van der Waals surface area contributed by atoms with Crippen LogP contribution in [0.4, 0.5) is 0 Å². The van der Waals surface area contributed by atoms with Gasteiger partial charge in [0.05, 0.1) is 9.77 Å². The summed E-state index contributed by atoms with van der Waals surface area (Å²) in [6, 6.07) is 2.32. The Balaban J connectivity index is 2.42. The van der Waals surface area contributed by atoms with E-state index in [0.29, 0.717) is 0 Å². The maximum absolute atomic E-state index is 6.08. The number of hydrogen-bond donors (Lipinski definition) is 1. The van der Waals surface area contributed by atoms with Gasteiger partial charge in [0.15, 0.2) is 0 Å². The maximum atomic E-state index is 6.08. The van der Waals surface area contributed by atoms with Crippen LogP contribution in [0.15, 0.2) is 23.8 Å². The number of nitrogens with zero attached hydrogens (tertiary/aromatic N) is 2. The first-order chi connectivity index (χ1) is 7.59. The average molecular weight is 347 g/mol. The molecule has 2 unspecified atom stereocenters. The molecule has 2 aromatic rings. The van der Waals surface area contributed by atoms with Crippen LogP contribution in [-0.4, -0.2) is 15.8 Å². The van der Waals surface area contributed by atoms with Crippen molar-refractivity contribution in [3.8, 4) is 0 Å². The third-order valence-corrected chi connectivity index (χ3v) is 4.17. The van der Waals surface area contributed by atoms with E-state index < -0.39 is 0 Å². The lowest BCUT2D eigenvalue weighted by molar-refractivity contribution is 0.459. The van der Waals surface area contributed by atoms with Gasteiger partial charge in [-0.05, 0) is 53.4 Å². The van der Waals surface area contributed by atoms with Crippen LogP contribution in [0.5, 0.6) is 0 Å². The number of nitrogens with two attached hydrogens (primary N) is 1. The summed E-state index contributed by atoms with van der Waals surface area (Å²) < 4.78 is 3.10. The Kier molecular flexibility index (Phi) is 3.66. The van der Waals surface area contributed by atoms with Crippen LogP contribution in [0, 0.1) is 10.5 Å². The van der Waals surface area contributed by atoms with Crippen molar-refractivity contribution in [2.75, 3.05) is 0 Å². The second-order valence-electron chi connectivity index (χ2n) is 3.91. The summed E-state index contributed by atoms with van der Waals surface area (Å²) in [4.78, 5) is 1.30. The SMILES string of the molecule is Cc1ccsc1C(C(C)N)n1cc(I)cn1. The molecule has 2 N–H and O–H groups in total. The molecule has 0 radical (unpaired) electrons. The van der Waals surface area contributed by atoms with E-state index in [1.807, 2.05) is 24.0 Å². The highest BCUT2D eigenvalue weighted by molar-refractivity contribution is 14.1. The topological polar surface area (TPSA) is 43.8 Å². The number of aryl methyl sites for hydroxylation is 1. The fourth-order valence-electron chi connectivity index (χ4n) is 1.75. The van der Waals surface area contributed by atoms with Gasteiger partial charge in [-0.2, -0.15) is 5.10 Å². The van der Waals surface area contributed by atoms with Gasteiger partial charge in [0.25, 0.3) is 0 Å². The van der Waals surface area contributed by atoms with Crippen molar-refractivity contribution in [2.45, 2.75) is 25.9 Å². The van der Waals surface area contributed by atoms with Gasteiger partial charge in [-0.1, -0.05) is 0 Å². The van der Waals surface area contributed by atoms with Crippen molar-refractivity contribution in [2.24, 2.45) is 5.73 Å². The van der Waals surface area contributed by atoms with E-state index in [4.69, 9.17) is 5.73 Å². The highest BCUT2D eigenvalue weighted by Crippen LogP contribution is 2.29. The Morgan fingerprint density at radius 3 is 2.75 bits per heavy atom. The molecule has 0 amide bonds. The van der Waals surface area contributed by atoms with E-state index in [-0.39, 0.29) is 12.1 Å². The lowest BCUT2D eigenvalue weighted by Gasteiger charge is -2.21. The summed E-state index contributed by atoms with van der Waals surface area (Å²) in [6.45, 7) is 4.15. The van der Waals surface area contributed by atoms with Crippen molar-refractivity contribution < 1.29 is 0 Å². The van der Waals surface area contributed by atoms with E-state index in [2.05, 4.69) is 46.1 Å². The van der Waals surface area contributed by atoms with Crippen molar-refractivity contribution >= 4 is 33.9 Å². The van der Waals surface area contributed by atoms with Crippen molar-refractivity contribution in [3.63, 3.8) is 0 Å². The molecule has 5 heteroatoms. The molecule has 0 fully saturated rings. The van der Waals surface area contributed by atoms with Crippen molar-refractivity contribution in [1.29, 1.82) is 0 Å². The minimum Gasteiger partial charge on any atom is -0.326 e. The largest absolute Gasteiger partial charge is 0.326 e. The standard InChI is InChI=1S/C11H14IN3S/c1-7-3-4-16-11(7)10(8(2)13)15-6-9(12)5-14-15/h3-6,8,10H,13H2,1-2H3. The second-order valence-corrected chi connectivity index (χ2v) is 6.10. The molecular formula is C11H14IN3S. The minimum atomic E-state index is 0.0491. The van der Waals surface area contributed by atoms with E-state index >= 15 is 0 Å². The van der Waals surface area contributed by atoms with Crippen LogP contribution in [0.2, 0.25) is 0 Å². The van der Waals surface area contributed by atoms with E-state index in [0.717, 1.165) is 3.57 Å². The molecule has 0 saturated heterocycles. The smallest absolute Gasteiger partial charge is 0.101 e. The van der Waals surface area contributed by atoms with Crippen molar-refractivity contribution in [3.05, 3.63) is 37.9 Å². The summed E-state index contributed by atoms with van der Waals surface area (Å²) in [5.41, 5.74) is 7.37. The highest BCUT2D eigenvalue weighted by atomic mass is 127. The van der Waals surface area contributed by atoms with Gasteiger partial charge < -0.3 is 5.73 Å². The second kappa shape index (κ2) is 4.85. The molecule has 2 heterocycles. The Hall–Kier alpha value is -0.400. The first-order valence-electron chi connectivity index (χ1n) is 5.09. The van der Waals surface area contributed by atoms with Crippen LogP contribution in [-0.2, 0) is 0 Å². The molecule has 3 nitrogen and oxygen atoms in total. The molecule has 0 spiro atoms. The minimum absolute atomic E-state index is 0.0491. The Bertz CT molecular complexity index is 475.